The number of rotatable bonds is 8. The van der Waals surface area contributed by atoms with E-state index in [0.29, 0.717) is 27.8 Å². The highest BCUT2D eigenvalue weighted by Gasteiger charge is 2.37. The van der Waals surface area contributed by atoms with Gasteiger partial charge in [0.05, 0.1) is 12.8 Å². The standard InChI is InChI=1S/C28H21ClN2O6/c1-3-14-36-25-16-22(35-2)11-8-18(25)15-23-26(32)30-28(34)31(27(23)33)20-9-12-21(13-10-20)37-17-19-6-4-5-7-24(19)29/h1,4-13,15-16H,14,17H2,2H3,(H,30,32,34)/b23-15+. The van der Waals surface area contributed by atoms with E-state index in [0.717, 1.165) is 10.5 Å². The van der Waals surface area contributed by atoms with Gasteiger partial charge in [-0.2, -0.15) is 0 Å². The van der Waals surface area contributed by atoms with Gasteiger partial charge in [0.15, 0.2) is 0 Å². The summed E-state index contributed by atoms with van der Waals surface area (Å²) in [5, 5.41) is 2.78. The maximum atomic E-state index is 13.3. The second-order valence-corrected chi connectivity index (χ2v) is 8.14. The SMILES string of the molecule is C#CCOc1cc(OC)ccc1/C=C1\C(=O)NC(=O)N(c2ccc(OCc3ccccc3Cl)cc2)C1=O. The fourth-order valence-electron chi connectivity index (χ4n) is 3.52. The minimum absolute atomic E-state index is 0.0288. The molecule has 4 amide bonds. The van der Waals surface area contributed by atoms with Crippen LogP contribution in [-0.2, 0) is 16.2 Å². The minimum Gasteiger partial charge on any atom is -0.497 e. The van der Waals surface area contributed by atoms with Crippen molar-refractivity contribution in [1.29, 1.82) is 0 Å². The lowest BCUT2D eigenvalue weighted by molar-refractivity contribution is -0.122. The average molecular weight is 517 g/mol. The van der Waals surface area contributed by atoms with E-state index in [4.69, 9.17) is 32.2 Å². The number of anilines is 1. The number of methoxy groups -OCH3 is 1. The number of benzene rings is 3. The van der Waals surface area contributed by atoms with Crippen molar-refractivity contribution in [2.24, 2.45) is 0 Å². The Morgan fingerprint density at radius 1 is 1.00 bits per heavy atom. The Hall–Kier alpha value is -4.74. The summed E-state index contributed by atoms with van der Waals surface area (Å²) in [6, 6.07) is 17.6. The van der Waals surface area contributed by atoms with E-state index in [1.54, 1.807) is 48.5 Å². The lowest BCUT2D eigenvalue weighted by Gasteiger charge is -2.26. The number of amides is 4. The fourth-order valence-corrected chi connectivity index (χ4v) is 3.71. The van der Waals surface area contributed by atoms with Gasteiger partial charge in [-0.3, -0.25) is 14.9 Å². The van der Waals surface area contributed by atoms with Gasteiger partial charge in [-0.1, -0.05) is 35.7 Å². The first kappa shape index (κ1) is 25.4. The Labute approximate surface area is 218 Å². The van der Waals surface area contributed by atoms with Crippen LogP contribution in [0.3, 0.4) is 0 Å². The van der Waals surface area contributed by atoms with Gasteiger partial charge < -0.3 is 14.2 Å². The van der Waals surface area contributed by atoms with Crippen LogP contribution < -0.4 is 24.4 Å². The molecule has 0 aliphatic carbocycles. The van der Waals surface area contributed by atoms with E-state index in [1.807, 2.05) is 18.2 Å². The van der Waals surface area contributed by atoms with Crippen LogP contribution >= 0.6 is 11.6 Å². The Bertz CT molecular complexity index is 1430. The van der Waals surface area contributed by atoms with Gasteiger partial charge >= 0.3 is 6.03 Å². The number of terminal acetylenes is 1. The van der Waals surface area contributed by atoms with Crippen LogP contribution in [0.25, 0.3) is 6.08 Å². The predicted octanol–water partition coefficient (Wildman–Crippen LogP) is 4.61. The van der Waals surface area contributed by atoms with Crippen molar-refractivity contribution >= 4 is 41.2 Å². The zero-order valence-corrected chi connectivity index (χ0v) is 20.5. The second kappa shape index (κ2) is 11.3. The van der Waals surface area contributed by atoms with Gasteiger partial charge in [0.25, 0.3) is 11.8 Å². The van der Waals surface area contributed by atoms with E-state index in [-0.39, 0.29) is 24.5 Å². The molecule has 0 aromatic heterocycles. The van der Waals surface area contributed by atoms with Gasteiger partial charge in [0.1, 0.15) is 36.0 Å². The van der Waals surface area contributed by atoms with Crippen molar-refractivity contribution in [3.05, 3.63) is 88.5 Å². The molecule has 1 heterocycles. The first-order valence-electron chi connectivity index (χ1n) is 11.0. The van der Waals surface area contributed by atoms with Crippen LogP contribution in [0.2, 0.25) is 5.02 Å². The van der Waals surface area contributed by atoms with E-state index in [1.165, 1.54) is 13.2 Å². The summed E-state index contributed by atoms with van der Waals surface area (Å²) in [5.74, 6) is 2.06. The summed E-state index contributed by atoms with van der Waals surface area (Å²) in [4.78, 5) is 39.3. The maximum absolute atomic E-state index is 13.3. The van der Waals surface area contributed by atoms with Gasteiger partial charge in [0, 0.05) is 22.2 Å². The summed E-state index contributed by atoms with van der Waals surface area (Å²) in [6.07, 6.45) is 6.63. The molecule has 3 aromatic rings. The van der Waals surface area contributed by atoms with E-state index in [9.17, 15) is 14.4 Å². The Balaban J connectivity index is 1.57. The van der Waals surface area contributed by atoms with E-state index < -0.39 is 17.8 Å². The molecule has 3 aromatic carbocycles. The second-order valence-electron chi connectivity index (χ2n) is 7.73. The molecular formula is C28H21ClN2O6. The molecule has 0 unspecified atom stereocenters. The fraction of sp³-hybridized carbons (Fsp3) is 0.107. The van der Waals surface area contributed by atoms with Crippen molar-refractivity contribution in [2.45, 2.75) is 6.61 Å². The summed E-state index contributed by atoms with van der Waals surface area (Å²) < 4.78 is 16.5. The van der Waals surface area contributed by atoms with Gasteiger partial charge in [-0.15, -0.1) is 6.42 Å². The van der Waals surface area contributed by atoms with Crippen LogP contribution in [-0.4, -0.2) is 31.6 Å². The molecule has 1 fully saturated rings. The van der Waals surface area contributed by atoms with Gasteiger partial charge in [-0.05, 0) is 48.5 Å². The van der Waals surface area contributed by atoms with E-state index >= 15 is 0 Å². The number of nitrogens with zero attached hydrogens (tertiary/aromatic N) is 1. The topological polar surface area (TPSA) is 94.2 Å². The van der Waals surface area contributed by atoms with Gasteiger partial charge in [0.2, 0.25) is 0 Å². The minimum atomic E-state index is -0.865. The zero-order valence-electron chi connectivity index (χ0n) is 19.7. The summed E-state index contributed by atoms with van der Waals surface area (Å²) >= 11 is 6.16. The largest absolute Gasteiger partial charge is 0.497 e. The van der Waals surface area contributed by atoms with Crippen LogP contribution in [0.1, 0.15) is 11.1 Å². The molecule has 4 rings (SSSR count). The highest BCUT2D eigenvalue weighted by atomic mass is 35.5. The predicted molar refractivity (Wildman–Crippen MR) is 139 cm³/mol. The molecule has 9 heteroatoms. The molecule has 0 saturated carbocycles. The summed E-state index contributed by atoms with van der Waals surface area (Å²) in [5.41, 5.74) is 1.22. The average Bonchev–Trinajstić information content (AvgIpc) is 2.90. The Kier molecular flexibility index (Phi) is 7.77. The number of halogens is 1. The molecular weight excluding hydrogens is 496 g/mol. The molecule has 0 atom stereocenters. The normalized spacial score (nSPS) is 14.2. The molecule has 8 nitrogen and oxygen atoms in total. The highest BCUT2D eigenvalue weighted by molar-refractivity contribution is 6.39. The number of ether oxygens (including phenoxy) is 3. The van der Waals surface area contributed by atoms with Crippen molar-refractivity contribution in [2.75, 3.05) is 18.6 Å². The monoisotopic (exact) mass is 516 g/mol. The number of urea groups is 1. The third kappa shape index (κ3) is 5.74. The van der Waals surface area contributed by atoms with Crippen LogP contribution in [0.5, 0.6) is 17.2 Å². The molecule has 1 aliphatic heterocycles. The molecule has 1 N–H and O–H groups in total. The van der Waals surface area contributed by atoms with Crippen molar-refractivity contribution in [3.8, 4) is 29.6 Å². The van der Waals surface area contributed by atoms with E-state index in [2.05, 4.69) is 11.2 Å². The van der Waals surface area contributed by atoms with Crippen molar-refractivity contribution in [3.63, 3.8) is 0 Å². The first-order valence-corrected chi connectivity index (χ1v) is 11.4. The third-order valence-electron chi connectivity index (χ3n) is 5.38. The number of hydrogen-bond donors (Lipinski definition) is 1. The molecule has 37 heavy (non-hydrogen) atoms. The summed E-state index contributed by atoms with van der Waals surface area (Å²) in [6.45, 7) is 0.217. The van der Waals surface area contributed by atoms with Crippen LogP contribution in [0, 0.1) is 12.3 Å². The molecule has 0 radical (unpaired) electrons. The molecule has 186 valence electrons. The third-order valence-corrected chi connectivity index (χ3v) is 5.75. The smallest absolute Gasteiger partial charge is 0.335 e. The zero-order chi connectivity index (χ0) is 26.4. The van der Waals surface area contributed by atoms with Crippen molar-refractivity contribution < 1.29 is 28.6 Å². The van der Waals surface area contributed by atoms with Crippen LogP contribution in [0.4, 0.5) is 10.5 Å². The Morgan fingerprint density at radius 3 is 2.43 bits per heavy atom. The highest BCUT2D eigenvalue weighted by Crippen LogP contribution is 2.29. The summed E-state index contributed by atoms with van der Waals surface area (Å²) in [7, 11) is 1.49. The van der Waals surface area contributed by atoms with Gasteiger partial charge in [-0.25, -0.2) is 9.69 Å². The number of imide groups is 2. The quantitative estimate of drug-likeness (QED) is 0.267. The number of hydrogen-bond acceptors (Lipinski definition) is 6. The Morgan fingerprint density at radius 2 is 1.73 bits per heavy atom. The first-order chi connectivity index (χ1) is 17.9. The number of carbonyl (C=O) groups excluding carboxylic acids is 3. The number of barbiturate groups is 1. The molecule has 0 spiro atoms. The number of carbonyl (C=O) groups is 3. The van der Waals surface area contributed by atoms with Crippen LogP contribution in [0.15, 0.2) is 72.3 Å². The number of nitrogens with one attached hydrogen (secondary N) is 1. The van der Waals surface area contributed by atoms with Crippen molar-refractivity contribution in [1.82, 2.24) is 5.32 Å². The maximum Gasteiger partial charge on any atom is 0.335 e. The molecule has 1 saturated heterocycles. The lowest BCUT2D eigenvalue weighted by atomic mass is 10.1. The molecule has 0 bridgehead atoms. The molecule has 1 aliphatic rings. The lowest BCUT2D eigenvalue weighted by Crippen LogP contribution is -2.54.